The zero-order valence-electron chi connectivity index (χ0n) is 7.07. The minimum absolute atomic E-state index is 0.381. The number of benzene rings is 1. The quantitative estimate of drug-likeness (QED) is 0.468. The molecule has 2 aromatic rings. The molecular weight excluding hydrogens is 168 g/mol. The summed E-state index contributed by atoms with van der Waals surface area (Å²) >= 11 is 0. The van der Waals surface area contributed by atoms with Gasteiger partial charge in [-0.2, -0.15) is 4.73 Å². The molecule has 1 heterocycles. The summed E-state index contributed by atoms with van der Waals surface area (Å²) in [6.45, 7) is 1.90. The van der Waals surface area contributed by atoms with Gasteiger partial charge in [0.1, 0.15) is 5.52 Å². The molecule has 4 heteroatoms. The fraction of sp³-hybridized carbons (Fsp3) is 0.111. The molecule has 0 unspecified atom stereocenters. The lowest BCUT2D eigenvalue weighted by Gasteiger charge is -2.00. The first-order valence-electron chi connectivity index (χ1n) is 3.90. The van der Waals surface area contributed by atoms with Gasteiger partial charge in [-0.1, -0.05) is 6.07 Å². The summed E-state index contributed by atoms with van der Waals surface area (Å²) < 4.78 is 0.577. The van der Waals surface area contributed by atoms with Crippen molar-refractivity contribution >= 4 is 11.0 Å². The predicted molar refractivity (Wildman–Crippen MR) is 48.3 cm³/mol. The van der Waals surface area contributed by atoms with Crippen molar-refractivity contribution in [3.8, 4) is 0 Å². The van der Waals surface area contributed by atoms with Crippen LogP contribution in [0.25, 0.3) is 11.0 Å². The number of hydrogen-bond acceptors (Lipinski definition) is 2. The summed E-state index contributed by atoms with van der Waals surface area (Å²) in [6.07, 6.45) is 0.984. The molecule has 0 saturated carbocycles. The highest BCUT2D eigenvalue weighted by molar-refractivity contribution is 5.71. The van der Waals surface area contributed by atoms with Gasteiger partial charge in [0.05, 0.1) is 0 Å². The smallest absolute Gasteiger partial charge is 0.314 e. The van der Waals surface area contributed by atoms with Crippen LogP contribution in [0.4, 0.5) is 0 Å². The lowest BCUT2D eigenvalue weighted by atomic mass is 10.2. The molecule has 0 aliphatic rings. The molecular formula is C9H8N2O2. The molecule has 1 aromatic carbocycles. The maximum absolute atomic E-state index is 11.2. The van der Waals surface area contributed by atoms with E-state index in [9.17, 15) is 10.0 Å². The van der Waals surface area contributed by atoms with Gasteiger partial charge in [0, 0.05) is 6.07 Å². The highest BCUT2D eigenvalue weighted by Crippen LogP contribution is 2.06. The lowest BCUT2D eigenvalue weighted by molar-refractivity contribution is -0.578. The molecule has 4 nitrogen and oxygen atoms in total. The SMILES string of the molecule is Cc1ccc2c(c1)[nH]c(=O)c[n+]2[O-]. The summed E-state index contributed by atoms with van der Waals surface area (Å²) in [5.41, 5.74) is 1.68. The number of aryl methyl sites for hydroxylation is 1. The van der Waals surface area contributed by atoms with E-state index in [0.717, 1.165) is 11.8 Å². The van der Waals surface area contributed by atoms with E-state index < -0.39 is 0 Å². The van der Waals surface area contributed by atoms with E-state index in [2.05, 4.69) is 4.98 Å². The lowest BCUT2D eigenvalue weighted by Crippen LogP contribution is -2.32. The van der Waals surface area contributed by atoms with Crippen LogP contribution in [0.2, 0.25) is 0 Å². The van der Waals surface area contributed by atoms with Gasteiger partial charge in [0.25, 0.3) is 0 Å². The third-order valence-electron chi connectivity index (χ3n) is 1.88. The number of aromatic nitrogens is 2. The molecule has 13 heavy (non-hydrogen) atoms. The Morgan fingerprint density at radius 1 is 1.46 bits per heavy atom. The first kappa shape index (κ1) is 7.79. The topological polar surface area (TPSA) is 59.8 Å². The van der Waals surface area contributed by atoms with Crippen LogP contribution < -0.4 is 10.3 Å². The van der Waals surface area contributed by atoms with E-state index in [1.165, 1.54) is 0 Å². The molecule has 0 aliphatic heterocycles. The number of hydrogen-bond donors (Lipinski definition) is 1. The van der Waals surface area contributed by atoms with Crippen molar-refractivity contribution < 1.29 is 4.73 Å². The van der Waals surface area contributed by atoms with Crippen LogP contribution in [0.3, 0.4) is 0 Å². The van der Waals surface area contributed by atoms with Crippen LogP contribution in [0.5, 0.6) is 0 Å². The molecule has 1 aromatic heterocycles. The highest BCUT2D eigenvalue weighted by Gasteiger charge is 2.04. The molecule has 0 bridgehead atoms. The van der Waals surface area contributed by atoms with Crippen molar-refractivity contribution in [2.75, 3.05) is 0 Å². The van der Waals surface area contributed by atoms with E-state index in [1.54, 1.807) is 12.1 Å². The Hall–Kier alpha value is -1.84. The van der Waals surface area contributed by atoms with Gasteiger partial charge in [0.15, 0.2) is 0 Å². The van der Waals surface area contributed by atoms with Crippen LogP contribution in [-0.2, 0) is 0 Å². The fourth-order valence-electron chi connectivity index (χ4n) is 1.28. The first-order chi connectivity index (χ1) is 6.16. The zero-order chi connectivity index (χ0) is 9.42. The monoisotopic (exact) mass is 176 g/mol. The summed E-state index contributed by atoms with van der Waals surface area (Å²) in [5, 5.41) is 11.2. The largest absolute Gasteiger partial charge is 0.618 e. The van der Waals surface area contributed by atoms with Crippen molar-refractivity contribution in [2.24, 2.45) is 0 Å². The minimum Gasteiger partial charge on any atom is -0.618 e. The Morgan fingerprint density at radius 3 is 3.00 bits per heavy atom. The third kappa shape index (κ3) is 1.26. The van der Waals surface area contributed by atoms with Crippen LogP contribution in [0, 0.1) is 12.1 Å². The average Bonchev–Trinajstić information content (AvgIpc) is 2.02. The minimum atomic E-state index is -0.381. The Kier molecular flexibility index (Phi) is 1.55. The van der Waals surface area contributed by atoms with Crippen LogP contribution >= 0.6 is 0 Å². The second-order valence-electron chi connectivity index (χ2n) is 2.96. The van der Waals surface area contributed by atoms with Gasteiger partial charge < -0.3 is 10.2 Å². The van der Waals surface area contributed by atoms with Crippen molar-refractivity contribution in [1.82, 2.24) is 4.98 Å². The molecule has 1 N–H and O–H groups in total. The van der Waals surface area contributed by atoms with Gasteiger partial charge in [-0.05, 0) is 18.6 Å². The van der Waals surface area contributed by atoms with Gasteiger partial charge in [0.2, 0.25) is 11.7 Å². The van der Waals surface area contributed by atoms with Crippen molar-refractivity contribution in [3.63, 3.8) is 0 Å². The predicted octanol–water partition coefficient (Wildman–Crippen LogP) is 0.470. The van der Waals surface area contributed by atoms with E-state index in [4.69, 9.17) is 0 Å². The Morgan fingerprint density at radius 2 is 2.23 bits per heavy atom. The van der Waals surface area contributed by atoms with Gasteiger partial charge in [-0.15, -0.1) is 0 Å². The maximum atomic E-state index is 11.2. The maximum Gasteiger partial charge on any atom is 0.314 e. The summed E-state index contributed by atoms with van der Waals surface area (Å²) in [5.74, 6) is 0. The molecule has 0 amide bonds. The number of aromatic amines is 1. The number of rotatable bonds is 0. The molecule has 0 atom stereocenters. The number of nitrogens with zero attached hydrogens (tertiary/aromatic N) is 1. The fourth-order valence-corrected chi connectivity index (χ4v) is 1.28. The molecule has 66 valence electrons. The average molecular weight is 176 g/mol. The third-order valence-corrected chi connectivity index (χ3v) is 1.88. The number of nitrogens with one attached hydrogen (secondary N) is 1. The molecule has 0 fully saturated rings. The van der Waals surface area contributed by atoms with Gasteiger partial charge in [-0.3, -0.25) is 4.79 Å². The standard InChI is InChI=1S/C9H8N2O2/c1-6-2-3-8-7(4-6)10-9(12)5-11(8)13/h2-5H,1H3,(H,10,12). The van der Waals surface area contributed by atoms with Gasteiger partial charge >= 0.3 is 5.56 Å². The van der Waals surface area contributed by atoms with Crippen LogP contribution in [-0.4, -0.2) is 4.98 Å². The van der Waals surface area contributed by atoms with Crippen LogP contribution in [0.1, 0.15) is 5.56 Å². The Balaban J connectivity index is 2.94. The van der Waals surface area contributed by atoms with Crippen molar-refractivity contribution in [2.45, 2.75) is 6.92 Å². The van der Waals surface area contributed by atoms with Crippen molar-refractivity contribution in [1.29, 1.82) is 0 Å². The van der Waals surface area contributed by atoms with E-state index in [0.29, 0.717) is 15.8 Å². The van der Waals surface area contributed by atoms with E-state index in [-0.39, 0.29) is 5.56 Å². The zero-order valence-corrected chi connectivity index (χ0v) is 7.07. The normalized spacial score (nSPS) is 10.5. The number of fused-ring (bicyclic) bond motifs is 1. The molecule has 0 spiro atoms. The second-order valence-corrected chi connectivity index (χ2v) is 2.96. The molecule has 2 rings (SSSR count). The van der Waals surface area contributed by atoms with Gasteiger partial charge in [-0.25, -0.2) is 0 Å². The van der Waals surface area contributed by atoms with Crippen molar-refractivity contribution in [3.05, 3.63) is 45.5 Å². The Labute approximate surface area is 74.0 Å². The van der Waals surface area contributed by atoms with E-state index in [1.807, 2.05) is 13.0 Å². The van der Waals surface area contributed by atoms with E-state index >= 15 is 0 Å². The molecule has 0 radical (unpaired) electrons. The second kappa shape index (κ2) is 2.58. The summed E-state index contributed by atoms with van der Waals surface area (Å²) in [6, 6.07) is 5.29. The molecule has 0 saturated heterocycles. The summed E-state index contributed by atoms with van der Waals surface area (Å²) in [4.78, 5) is 13.5. The van der Waals surface area contributed by atoms with Crippen LogP contribution in [0.15, 0.2) is 29.2 Å². The molecule has 0 aliphatic carbocycles. The number of H-pyrrole nitrogens is 1. The highest BCUT2D eigenvalue weighted by atomic mass is 16.5. The first-order valence-corrected chi connectivity index (χ1v) is 3.90. The Bertz CT molecular complexity index is 516. The summed E-state index contributed by atoms with van der Waals surface area (Å²) in [7, 11) is 0.